The Morgan fingerprint density at radius 3 is 2.19 bits per heavy atom. The van der Waals surface area contributed by atoms with Gasteiger partial charge < -0.3 is 38.8 Å². The van der Waals surface area contributed by atoms with Gasteiger partial charge in [0.15, 0.2) is 29.2 Å². The SMILES string of the molecule is CCCCOc1c(OC)c(C)cc2c1[C@@H]1C3C(O)c4c(O)c(C)c(OC)c(OC)c4[C@H](OCCCC)N3C(=O)[C@H](C2)N1C. The number of hydrogen-bond donors (Lipinski definition) is 2. The summed E-state index contributed by atoms with van der Waals surface area (Å²) in [6.45, 7) is 8.79. The lowest BCUT2D eigenvalue weighted by Crippen LogP contribution is -2.67. The molecule has 3 heterocycles. The van der Waals surface area contributed by atoms with Gasteiger partial charge in [0.05, 0.1) is 51.6 Å². The number of likely N-dealkylation sites (N-methyl/N-ethyl adjacent to an activating group) is 1. The molecule has 3 aliphatic heterocycles. The highest BCUT2D eigenvalue weighted by atomic mass is 16.5. The van der Waals surface area contributed by atoms with Crippen LogP contribution in [-0.4, -0.2) is 79.6 Å². The Balaban J connectivity index is 1.78. The summed E-state index contributed by atoms with van der Waals surface area (Å²) in [5.41, 5.74) is 3.97. The fraction of sp³-hybridized carbons (Fsp3) is 0.606. The Morgan fingerprint density at radius 2 is 1.56 bits per heavy atom. The minimum atomic E-state index is -1.27. The molecule has 0 spiro atoms. The number of aliphatic hydroxyl groups excluding tert-OH is 1. The average Bonchev–Trinajstić information content (AvgIpc) is 2.98. The largest absolute Gasteiger partial charge is 0.507 e. The number of phenols is 1. The quantitative estimate of drug-likeness (QED) is 0.350. The van der Waals surface area contributed by atoms with E-state index in [4.69, 9.17) is 23.7 Å². The van der Waals surface area contributed by atoms with Crippen LogP contribution in [0.4, 0.5) is 0 Å². The number of methoxy groups -OCH3 is 3. The number of unbranched alkanes of at least 4 members (excludes halogenated alkanes) is 2. The van der Waals surface area contributed by atoms with Crippen LogP contribution in [0.3, 0.4) is 0 Å². The standard InChI is InChI=1S/C33H46N2O8/c1-9-11-13-42-31-21-19(15-17(3)28(31)39-6)16-20-32(38)35-25(24(21)34(20)5)27(37)22-23(33(35)43-14-12-10-2)30(41-8)29(40-7)18(4)26(22)36/h15,20,24-25,27,33,36-37H,9-14,16H2,1-8H3/t20-,24+,25?,27?,33-/m0/s1. The van der Waals surface area contributed by atoms with E-state index < -0.39 is 30.5 Å². The zero-order valence-corrected chi connectivity index (χ0v) is 26.7. The lowest BCUT2D eigenvalue weighted by molar-refractivity contribution is -0.192. The second kappa shape index (κ2) is 12.4. The third kappa shape index (κ3) is 4.78. The van der Waals surface area contributed by atoms with Crippen LogP contribution in [0.15, 0.2) is 6.07 Å². The smallest absolute Gasteiger partial charge is 0.243 e. The number of benzene rings is 2. The molecule has 0 aromatic heterocycles. The van der Waals surface area contributed by atoms with E-state index in [-0.39, 0.29) is 17.2 Å². The highest BCUT2D eigenvalue weighted by molar-refractivity contribution is 5.86. The number of aliphatic hydroxyl groups is 1. The summed E-state index contributed by atoms with van der Waals surface area (Å²) in [7, 11) is 6.58. The molecule has 2 unspecified atom stereocenters. The Morgan fingerprint density at radius 1 is 0.907 bits per heavy atom. The number of carbonyl (C=O) groups excluding carboxylic acids is 1. The monoisotopic (exact) mass is 598 g/mol. The molecule has 10 nitrogen and oxygen atoms in total. The summed E-state index contributed by atoms with van der Waals surface area (Å²) < 4.78 is 30.4. The minimum absolute atomic E-state index is 0.0990. The molecule has 2 N–H and O–H groups in total. The molecular weight excluding hydrogens is 552 g/mol. The van der Waals surface area contributed by atoms with Crippen LogP contribution in [0.2, 0.25) is 0 Å². The maximum absolute atomic E-state index is 14.5. The van der Waals surface area contributed by atoms with Crippen molar-refractivity contribution in [3.05, 3.63) is 39.4 Å². The number of nitrogens with zero attached hydrogens (tertiary/aromatic N) is 2. The molecule has 2 aromatic rings. The number of aromatic hydroxyl groups is 1. The molecule has 2 bridgehead atoms. The van der Waals surface area contributed by atoms with Gasteiger partial charge in [-0.1, -0.05) is 32.8 Å². The van der Waals surface area contributed by atoms with Gasteiger partial charge in [0.25, 0.3) is 0 Å². The second-order valence-corrected chi connectivity index (χ2v) is 11.8. The molecule has 10 heteroatoms. The lowest BCUT2D eigenvalue weighted by Gasteiger charge is -2.58. The van der Waals surface area contributed by atoms with Gasteiger partial charge in [-0.3, -0.25) is 9.69 Å². The molecule has 0 radical (unpaired) electrons. The number of ether oxygens (including phenoxy) is 5. The summed E-state index contributed by atoms with van der Waals surface area (Å²) in [5, 5.41) is 23.9. The zero-order chi connectivity index (χ0) is 31.2. The topological polar surface area (TPSA) is 110 Å². The number of phenolic OH excluding ortho intramolecular Hbond substituents is 1. The van der Waals surface area contributed by atoms with Crippen LogP contribution in [0.25, 0.3) is 0 Å². The first kappa shape index (κ1) is 31.2. The average molecular weight is 599 g/mol. The van der Waals surface area contributed by atoms with Crippen LogP contribution < -0.4 is 18.9 Å². The molecule has 1 fully saturated rings. The Bertz CT molecular complexity index is 1380. The van der Waals surface area contributed by atoms with Crippen LogP contribution in [0.1, 0.15) is 91.3 Å². The zero-order valence-electron chi connectivity index (χ0n) is 26.7. The number of piperazine rings is 1. The van der Waals surface area contributed by atoms with E-state index in [0.29, 0.717) is 53.8 Å². The summed E-state index contributed by atoms with van der Waals surface area (Å²) in [6.07, 6.45) is 1.83. The van der Waals surface area contributed by atoms with Crippen molar-refractivity contribution in [3.63, 3.8) is 0 Å². The first-order chi connectivity index (χ1) is 20.7. The summed E-state index contributed by atoms with van der Waals surface area (Å²) in [5.74, 6) is 1.72. The Labute approximate surface area is 254 Å². The van der Waals surface area contributed by atoms with Gasteiger partial charge in [0.1, 0.15) is 11.9 Å². The van der Waals surface area contributed by atoms with E-state index in [9.17, 15) is 15.0 Å². The third-order valence-corrected chi connectivity index (χ3v) is 9.31. The fourth-order valence-corrected chi connectivity index (χ4v) is 7.21. The van der Waals surface area contributed by atoms with Gasteiger partial charge >= 0.3 is 0 Å². The minimum Gasteiger partial charge on any atom is -0.507 e. The molecular formula is C33H46N2O8. The molecule has 2 aromatic carbocycles. The van der Waals surface area contributed by atoms with Gasteiger partial charge in [-0.2, -0.15) is 0 Å². The predicted molar refractivity (Wildman–Crippen MR) is 161 cm³/mol. The van der Waals surface area contributed by atoms with Crippen LogP contribution in [0.5, 0.6) is 28.7 Å². The van der Waals surface area contributed by atoms with Crippen LogP contribution in [0, 0.1) is 13.8 Å². The number of amides is 1. The van der Waals surface area contributed by atoms with E-state index in [1.807, 2.05) is 18.9 Å². The second-order valence-electron chi connectivity index (χ2n) is 11.8. The van der Waals surface area contributed by atoms with Crippen molar-refractivity contribution >= 4 is 5.91 Å². The normalized spacial score (nSPS) is 24.3. The van der Waals surface area contributed by atoms with Crippen molar-refractivity contribution in [2.45, 2.75) is 90.3 Å². The van der Waals surface area contributed by atoms with Crippen LogP contribution >= 0.6 is 0 Å². The predicted octanol–water partition coefficient (Wildman–Crippen LogP) is 4.88. The molecule has 0 aliphatic carbocycles. The van der Waals surface area contributed by atoms with Crippen molar-refractivity contribution in [3.8, 4) is 28.7 Å². The number of fused-ring (bicyclic) bond motifs is 7. The van der Waals surface area contributed by atoms with Gasteiger partial charge in [-0.15, -0.1) is 0 Å². The molecule has 0 saturated carbocycles. The van der Waals surface area contributed by atoms with E-state index in [2.05, 4.69) is 19.9 Å². The fourth-order valence-electron chi connectivity index (χ4n) is 7.21. The van der Waals surface area contributed by atoms with Crippen molar-refractivity contribution in [2.24, 2.45) is 0 Å². The first-order valence-corrected chi connectivity index (χ1v) is 15.3. The van der Waals surface area contributed by atoms with Gasteiger partial charge in [0, 0.05) is 23.3 Å². The Kier molecular flexibility index (Phi) is 9.02. The van der Waals surface area contributed by atoms with Crippen molar-refractivity contribution in [1.82, 2.24) is 9.80 Å². The van der Waals surface area contributed by atoms with E-state index in [0.717, 1.165) is 42.4 Å². The molecule has 43 heavy (non-hydrogen) atoms. The highest BCUT2D eigenvalue weighted by Gasteiger charge is 2.59. The summed E-state index contributed by atoms with van der Waals surface area (Å²) in [4.78, 5) is 18.2. The van der Waals surface area contributed by atoms with Crippen molar-refractivity contribution in [2.75, 3.05) is 41.6 Å². The molecule has 1 saturated heterocycles. The van der Waals surface area contributed by atoms with Gasteiger partial charge in [-0.05, 0) is 51.3 Å². The summed E-state index contributed by atoms with van der Waals surface area (Å²) in [6, 6.07) is 0.329. The molecule has 1 amide bonds. The van der Waals surface area contributed by atoms with Crippen molar-refractivity contribution < 1.29 is 38.7 Å². The Hall–Kier alpha value is -3.21. The highest BCUT2D eigenvalue weighted by Crippen LogP contribution is 2.59. The maximum Gasteiger partial charge on any atom is 0.243 e. The van der Waals surface area contributed by atoms with Crippen LogP contribution in [-0.2, 0) is 16.0 Å². The molecule has 3 aliphatic rings. The third-order valence-electron chi connectivity index (χ3n) is 9.31. The first-order valence-electron chi connectivity index (χ1n) is 15.3. The lowest BCUT2D eigenvalue weighted by atomic mass is 9.73. The van der Waals surface area contributed by atoms with E-state index in [1.54, 1.807) is 18.9 Å². The number of carbonyl (C=O) groups is 1. The van der Waals surface area contributed by atoms with Gasteiger partial charge in [-0.25, -0.2) is 0 Å². The number of rotatable bonds is 11. The van der Waals surface area contributed by atoms with E-state index >= 15 is 0 Å². The molecule has 236 valence electrons. The number of hydrogen-bond acceptors (Lipinski definition) is 9. The summed E-state index contributed by atoms with van der Waals surface area (Å²) >= 11 is 0. The number of aryl methyl sites for hydroxylation is 1. The molecule has 5 atom stereocenters. The van der Waals surface area contributed by atoms with Crippen molar-refractivity contribution in [1.29, 1.82) is 0 Å². The van der Waals surface area contributed by atoms with Gasteiger partial charge in [0.2, 0.25) is 5.91 Å². The van der Waals surface area contributed by atoms with E-state index in [1.165, 1.54) is 14.2 Å². The molecule has 5 rings (SSSR count). The maximum atomic E-state index is 14.5.